The van der Waals surface area contributed by atoms with Crippen molar-refractivity contribution in [2.24, 2.45) is 64.1 Å². The van der Waals surface area contributed by atoms with E-state index in [2.05, 4.69) is 160 Å². The molecule has 3 aliphatic heterocycles. The van der Waals surface area contributed by atoms with E-state index in [4.69, 9.17) is 23.7 Å². The zero-order valence-corrected chi connectivity index (χ0v) is 78.9. The number of hydrogen-bond acceptors (Lipinski definition) is 10. The summed E-state index contributed by atoms with van der Waals surface area (Å²) in [4.78, 5) is 65.9. The van der Waals surface area contributed by atoms with Crippen molar-refractivity contribution in [1.82, 2.24) is 0 Å². The number of esters is 5. The molecular weight excluding hydrogens is 1650 g/mol. The molecule has 0 amide bonds. The first-order chi connectivity index (χ1) is 61.5. The minimum atomic E-state index is -0.365. The second-order valence-electron chi connectivity index (χ2n) is 38.6. The van der Waals surface area contributed by atoms with E-state index in [1.54, 1.807) is 13.8 Å². The molecule has 15 heteroatoms. The van der Waals surface area contributed by atoms with Crippen LogP contribution in [0, 0.1) is 64.1 Å². The fourth-order valence-electron chi connectivity index (χ4n) is 23.8. The standard InChI is InChI=1S/C26H32O2S.C25H29O2S.C22H25O2S.C20H24O2S.C18H19O2S/c1-2-3-6-11-29-24-10-9-23(21-7-4-5-8-22(21)24)28-25(27)26-15-18-12-19(16-26)14-20(13-18)17-26;26-24(25-14-17-11-18(15-25)13-19(12-17)16-25)27-22-7-8-23(28-9-3-4-10-28)21-6-2-1-5-20(21)22;23-22(19-14-15-7-8-16(19)13-15)24-20-9-10-21(25-11-3-4-12-25)18-6-2-1-5-17(18)20;1-4-5-6-9-14-23-19-13-12-18(22-20(21)15(2)3)16-10-7-8-11-17(16)19;1-13(2)18(19)20-16-9-10-17(21-11-5-6-12-21)15-8-4-3-7-14(15)16/h4-5,7-10,18-20H,2-3,6,11-17H2,1H3;1-2,5-8,17-19H,3-4,9-16H2;1-2,5-6,9-10,15-16,19H,3-4,7-8,11-14H2;7-8,10-13H,2,4-6,9,14H2,1,3H3;3-4,7-10H,1,5-6,11-12H2,2H3/q;2*+1;;+1/p+2. The zero-order chi connectivity index (χ0) is 86.8. The lowest BCUT2D eigenvalue weighted by molar-refractivity contribution is -0.161. The van der Waals surface area contributed by atoms with Gasteiger partial charge in [0.05, 0.1) is 27.7 Å². The molecule has 10 bridgehead atoms. The molecule has 0 spiro atoms. The van der Waals surface area contributed by atoms with Gasteiger partial charge in [0.25, 0.3) is 11.5 Å². The Morgan fingerprint density at radius 1 is 0.365 bits per heavy atom. The minimum absolute atomic E-state index is 0.00779. The van der Waals surface area contributed by atoms with E-state index < -0.39 is 0 Å². The molecule has 13 fully saturated rings. The predicted molar refractivity (Wildman–Crippen MR) is 530 cm³/mol. The fraction of sp³-hybridized carbons (Fsp3) is 0.468. The highest BCUT2D eigenvalue weighted by atomic mass is 32.2. The van der Waals surface area contributed by atoms with Crippen LogP contribution in [-0.2, 0) is 47.1 Å². The average Bonchev–Trinajstić information content (AvgIpc) is 0.954. The Labute approximate surface area is 765 Å². The first-order valence-electron chi connectivity index (χ1n) is 47.8. The maximum absolute atomic E-state index is 13.4. The van der Waals surface area contributed by atoms with Gasteiger partial charge in [0.1, 0.15) is 57.2 Å². The topological polar surface area (TPSA) is 140 Å². The van der Waals surface area contributed by atoms with Crippen molar-refractivity contribution in [2.75, 3.05) is 46.0 Å². The van der Waals surface area contributed by atoms with Gasteiger partial charge >= 0.3 is 29.8 Å². The number of rotatable bonds is 24. The molecule has 13 aliphatic rings. The fourth-order valence-corrected chi connectivity index (χ4v) is 33.4. The third-order valence-electron chi connectivity index (χ3n) is 29.3. The number of ether oxygens (including phenoxy) is 5. The highest BCUT2D eigenvalue weighted by Gasteiger charge is 2.60. The number of fused-ring (bicyclic) bond motifs is 7. The van der Waals surface area contributed by atoms with Crippen LogP contribution in [0.3, 0.4) is 0 Å². The predicted octanol–water partition coefficient (Wildman–Crippen LogP) is 28.0. The van der Waals surface area contributed by atoms with Crippen LogP contribution < -0.4 is 23.7 Å². The molecule has 0 aromatic heterocycles. The zero-order valence-electron chi connectivity index (χ0n) is 74.8. The van der Waals surface area contributed by atoms with Crippen LogP contribution in [0.25, 0.3) is 53.9 Å². The van der Waals surface area contributed by atoms with Crippen molar-refractivity contribution in [2.45, 2.75) is 238 Å². The van der Waals surface area contributed by atoms with Gasteiger partial charge in [-0.3, -0.25) is 19.1 Å². The molecule has 660 valence electrons. The van der Waals surface area contributed by atoms with Crippen LogP contribution in [0.5, 0.6) is 28.7 Å². The third-order valence-corrected chi connectivity index (χ3v) is 39.2. The van der Waals surface area contributed by atoms with Crippen molar-refractivity contribution in [3.63, 3.8) is 0 Å². The van der Waals surface area contributed by atoms with Crippen LogP contribution in [0.4, 0.5) is 0 Å². The molecule has 10 nitrogen and oxygen atoms in total. The van der Waals surface area contributed by atoms with E-state index >= 15 is 0 Å². The molecule has 0 radical (unpaired) electrons. The summed E-state index contributed by atoms with van der Waals surface area (Å²) in [6.45, 7) is 15.2. The molecule has 2 N–H and O–H groups in total. The summed E-state index contributed by atoms with van der Waals surface area (Å²) in [7, 11) is 1.08. The molecule has 3 atom stereocenters. The van der Waals surface area contributed by atoms with Crippen LogP contribution in [0.1, 0.15) is 214 Å². The highest BCUT2D eigenvalue weighted by molar-refractivity contribution is 8.00. The number of unbranched alkanes of at least 4 members (excludes halogenated alkanes) is 5. The highest BCUT2D eigenvalue weighted by Crippen LogP contribution is 2.62. The Morgan fingerprint density at radius 3 is 1.10 bits per heavy atom. The molecule has 23 rings (SSSR count). The van der Waals surface area contributed by atoms with Gasteiger partial charge < -0.3 is 23.8 Å². The molecule has 10 aliphatic carbocycles. The molecule has 3 unspecified atom stereocenters. The summed E-state index contributed by atoms with van der Waals surface area (Å²) >= 11 is 3.83. The van der Waals surface area contributed by atoms with Crippen molar-refractivity contribution >= 4 is 140 Å². The summed E-state index contributed by atoms with van der Waals surface area (Å²) in [5.74, 6) is 19.8. The molecule has 10 aromatic rings. The Kier molecular flexibility index (Phi) is 29.6. The van der Waals surface area contributed by atoms with Gasteiger partial charge in [-0.1, -0.05) is 157 Å². The Morgan fingerprint density at radius 2 is 0.714 bits per heavy atom. The van der Waals surface area contributed by atoms with Crippen molar-refractivity contribution in [3.8, 4) is 28.7 Å². The van der Waals surface area contributed by atoms with Gasteiger partial charge in [-0.25, -0.2) is 4.79 Å². The van der Waals surface area contributed by atoms with E-state index in [0.717, 1.165) is 142 Å². The number of thioether (sulfide) groups is 2. The van der Waals surface area contributed by atoms with E-state index in [1.807, 2.05) is 72.1 Å². The van der Waals surface area contributed by atoms with Crippen LogP contribution in [0.2, 0.25) is 0 Å². The van der Waals surface area contributed by atoms with E-state index in [0.29, 0.717) is 67.2 Å². The van der Waals surface area contributed by atoms with Crippen molar-refractivity contribution < 1.29 is 47.7 Å². The summed E-state index contributed by atoms with van der Waals surface area (Å²) < 4.78 is 29.5. The van der Waals surface area contributed by atoms with Gasteiger partial charge in [-0.2, -0.15) is 0 Å². The summed E-state index contributed by atoms with van der Waals surface area (Å²) in [6, 6.07) is 62.8. The number of carbonyl (C=O) groups is 3. The van der Waals surface area contributed by atoms with Gasteiger partial charge in [0.2, 0.25) is 0 Å². The molecule has 10 aromatic carbocycles. The normalized spacial score (nSPS) is 24.7. The second kappa shape index (κ2) is 41.5. The molecular formula is C111H131O10S5+5. The smallest absolute Gasteiger partial charge is 0.426 e. The summed E-state index contributed by atoms with van der Waals surface area (Å²) in [6.07, 6.45) is 36.5. The Balaban J connectivity index is 0.000000112. The molecule has 3 saturated heterocycles. The maximum atomic E-state index is 13.4. The maximum Gasteiger partial charge on any atom is 0.518 e. The third kappa shape index (κ3) is 20.6. The lowest BCUT2D eigenvalue weighted by Gasteiger charge is -2.55. The summed E-state index contributed by atoms with van der Waals surface area (Å²) in [5.41, 5.74) is 0.648. The monoisotopic (exact) mass is 1780 g/mol. The lowest BCUT2D eigenvalue weighted by atomic mass is 9.49. The number of carbonyl (C=O) groups excluding carboxylic acids is 5. The van der Waals surface area contributed by atoms with E-state index in [-0.39, 0.29) is 40.6 Å². The molecule has 126 heavy (non-hydrogen) atoms. The molecule has 3 heterocycles. The first-order valence-corrected chi connectivity index (χ1v) is 54.4. The Hall–Kier alpha value is -7.92. The van der Waals surface area contributed by atoms with Gasteiger partial charge in [-0.05, 0) is 299 Å². The van der Waals surface area contributed by atoms with Crippen molar-refractivity contribution in [3.05, 3.63) is 206 Å². The minimum Gasteiger partial charge on any atom is -0.426 e. The van der Waals surface area contributed by atoms with Gasteiger partial charge in [0, 0.05) is 103 Å². The van der Waals surface area contributed by atoms with E-state index in [9.17, 15) is 24.0 Å². The SMILES string of the molecule is C=C(C)C(=O)Oc1ccc([S+]2CCCC2)c2ccccc12.C=C(C)C(=[OH+])Oc1ccc(SCCCCCC)c2ccccc12.CCCCCSc1ccc(OC(=[OH+])C23CC4CC(CC(C4)C2)C3)c2ccccc12.O=C(Oc1ccc([S+]2CCCC2)c2ccccc12)C12CC3CC(CC(C3)C1)C2.O=C(Oc1ccc([S+]2CCCC2)c2ccccc12)C1CC2CCC1C2. The quantitative estimate of drug-likeness (QED) is 0.0143. The number of hydrogen-bond donors (Lipinski definition) is 0. The molecule has 10 saturated carbocycles. The first kappa shape index (κ1) is 90.0. The van der Waals surface area contributed by atoms with Crippen LogP contribution in [0.15, 0.2) is 231 Å². The van der Waals surface area contributed by atoms with Gasteiger partial charge in [-0.15, -0.1) is 23.5 Å². The van der Waals surface area contributed by atoms with Crippen molar-refractivity contribution in [1.29, 1.82) is 0 Å². The lowest BCUT2D eigenvalue weighted by Crippen LogP contribution is -2.51. The largest absolute Gasteiger partial charge is 0.518 e. The number of benzene rings is 10. The van der Waals surface area contributed by atoms with Gasteiger partial charge in [0.15, 0.2) is 14.7 Å². The Bertz CT molecular complexity index is 5540. The van der Waals surface area contributed by atoms with Crippen LogP contribution in [-0.4, -0.2) is 85.5 Å². The van der Waals surface area contributed by atoms with Crippen LogP contribution >= 0.6 is 23.5 Å². The summed E-state index contributed by atoms with van der Waals surface area (Å²) in [5, 5.41) is 11.6. The average molecular weight is 1790 g/mol. The second-order valence-corrected chi connectivity index (χ2v) is 47.6. The van der Waals surface area contributed by atoms with E-state index in [1.165, 1.54) is 227 Å².